The predicted molar refractivity (Wildman–Crippen MR) is 104 cm³/mol. The van der Waals surface area contributed by atoms with Gasteiger partial charge in [0.25, 0.3) is 0 Å². The Balaban J connectivity index is 1.50. The summed E-state index contributed by atoms with van der Waals surface area (Å²) in [4.78, 5) is 20.1. The van der Waals surface area contributed by atoms with E-state index >= 15 is 0 Å². The monoisotopic (exact) mass is 398 g/mol. The quantitative estimate of drug-likeness (QED) is 0.640. The molecule has 3 aromatic rings. The van der Waals surface area contributed by atoms with E-state index in [2.05, 4.69) is 25.7 Å². The average molecular weight is 398 g/mol. The summed E-state index contributed by atoms with van der Waals surface area (Å²) in [6.45, 7) is 3.23. The summed E-state index contributed by atoms with van der Waals surface area (Å²) < 4.78 is 28.5. The van der Waals surface area contributed by atoms with E-state index in [0.717, 1.165) is 24.6 Å². The van der Waals surface area contributed by atoms with Gasteiger partial charge in [0.1, 0.15) is 29.6 Å². The lowest BCUT2D eigenvalue weighted by Crippen LogP contribution is -2.11. The van der Waals surface area contributed by atoms with E-state index in [-0.39, 0.29) is 5.91 Å². The number of nitrogens with one attached hydrogen (secondary N) is 2. The summed E-state index contributed by atoms with van der Waals surface area (Å²) in [6.07, 6.45) is 3.47. The largest absolute Gasteiger partial charge is 0.363 e. The molecule has 4 rings (SSSR count). The first kappa shape index (κ1) is 19.0. The maximum absolute atomic E-state index is 14.0. The molecule has 1 fully saturated rings. The Labute approximate surface area is 166 Å². The number of halogens is 2. The van der Waals surface area contributed by atoms with Gasteiger partial charge >= 0.3 is 0 Å². The van der Waals surface area contributed by atoms with Crippen LogP contribution in [0.15, 0.2) is 36.7 Å². The Morgan fingerprint density at radius 2 is 1.90 bits per heavy atom. The van der Waals surface area contributed by atoms with Crippen LogP contribution in [0.4, 0.5) is 26.2 Å². The fraction of sp³-hybridized carbons (Fsp3) is 0.300. The Kier molecular flexibility index (Phi) is 4.96. The van der Waals surface area contributed by atoms with Gasteiger partial charge in [0.05, 0.1) is 11.7 Å². The van der Waals surface area contributed by atoms with Gasteiger partial charge in [-0.25, -0.2) is 23.4 Å². The number of anilines is 3. The molecule has 0 amide bonds. The summed E-state index contributed by atoms with van der Waals surface area (Å²) in [7, 11) is 0. The van der Waals surface area contributed by atoms with Gasteiger partial charge in [-0.3, -0.25) is 4.79 Å². The molecule has 2 N–H and O–H groups in total. The van der Waals surface area contributed by atoms with Crippen molar-refractivity contribution in [1.29, 1.82) is 0 Å². The molecule has 2 aromatic heterocycles. The SMILES string of the molecule is CC(=O)n1nc(Nc2cc(NC(C)c3ccc(F)cc3F)ncn2)cc1C1CC1. The molecule has 0 bridgehead atoms. The van der Waals surface area contributed by atoms with Crippen molar-refractivity contribution >= 4 is 23.4 Å². The highest BCUT2D eigenvalue weighted by molar-refractivity contribution is 5.77. The number of rotatable bonds is 6. The highest BCUT2D eigenvalue weighted by Gasteiger charge is 2.29. The summed E-state index contributed by atoms with van der Waals surface area (Å²) in [5, 5.41) is 10.5. The van der Waals surface area contributed by atoms with Crippen molar-refractivity contribution < 1.29 is 13.6 Å². The van der Waals surface area contributed by atoms with E-state index in [1.165, 1.54) is 30.1 Å². The first-order valence-corrected chi connectivity index (χ1v) is 9.32. The topological polar surface area (TPSA) is 84.7 Å². The van der Waals surface area contributed by atoms with Crippen LogP contribution in [-0.2, 0) is 0 Å². The lowest BCUT2D eigenvalue weighted by atomic mass is 10.1. The van der Waals surface area contributed by atoms with Crippen LogP contribution in [0.25, 0.3) is 0 Å². The summed E-state index contributed by atoms with van der Waals surface area (Å²) in [6, 6.07) is 6.54. The molecule has 29 heavy (non-hydrogen) atoms. The minimum absolute atomic E-state index is 0.139. The van der Waals surface area contributed by atoms with Crippen LogP contribution in [0.5, 0.6) is 0 Å². The molecule has 9 heteroatoms. The number of benzene rings is 1. The Bertz CT molecular complexity index is 1060. The second-order valence-corrected chi connectivity index (χ2v) is 7.10. The van der Waals surface area contributed by atoms with Gasteiger partial charge in [0, 0.05) is 36.6 Å². The third kappa shape index (κ3) is 4.23. The van der Waals surface area contributed by atoms with Crippen LogP contribution < -0.4 is 10.6 Å². The second-order valence-electron chi connectivity index (χ2n) is 7.10. The number of carbonyl (C=O) groups is 1. The average Bonchev–Trinajstić information content (AvgIpc) is 3.42. The van der Waals surface area contributed by atoms with Gasteiger partial charge in [-0.05, 0) is 25.8 Å². The minimum atomic E-state index is -0.625. The zero-order chi connectivity index (χ0) is 20.5. The number of carbonyl (C=O) groups excluding carboxylic acids is 1. The molecule has 1 atom stereocenters. The lowest BCUT2D eigenvalue weighted by molar-refractivity contribution is 0.0918. The van der Waals surface area contributed by atoms with Gasteiger partial charge in [-0.2, -0.15) is 0 Å². The van der Waals surface area contributed by atoms with Crippen LogP contribution in [-0.4, -0.2) is 25.7 Å². The smallest absolute Gasteiger partial charge is 0.244 e. The van der Waals surface area contributed by atoms with E-state index < -0.39 is 17.7 Å². The molecule has 0 saturated heterocycles. The van der Waals surface area contributed by atoms with Gasteiger partial charge < -0.3 is 10.6 Å². The Morgan fingerprint density at radius 1 is 1.14 bits per heavy atom. The van der Waals surface area contributed by atoms with E-state index in [0.29, 0.717) is 28.9 Å². The predicted octanol–water partition coefficient (Wildman–Crippen LogP) is 4.41. The van der Waals surface area contributed by atoms with Crippen molar-refractivity contribution in [2.45, 2.75) is 38.6 Å². The Hall–Kier alpha value is -3.36. The van der Waals surface area contributed by atoms with Crippen LogP contribution in [0.1, 0.15) is 54.7 Å². The number of hydrogen-bond donors (Lipinski definition) is 2. The van der Waals surface area contributed by atoms with E-state index in [9.17, 15) is 13.6 Å². The highest BCUT2D eigenvalue weighted by Crippen LogP contribution is 2.41. The van der Waals surface area contributed by atoms with Crippen molar-refractivity contribution in [3.63, 3.8) is 0 Å². The van der Waals surface area contributed by atoms with Crippen molar-refractivity contribution in [3.05, 3.63) is 59.6 Å². The normalized spacial score (nSPS) is 14.5. The molecule has 7 nitrogen and oxygen atoms in total. The third-order valence-electron chi connectivity index (χ3n) is 4.75. The number of hydrogen-bond acceptors (Lipinski definition) is 6. The van der Waals surface area contributed by atoms with Gasteiger partial charge in [0.2, 0.25) is 5.91 Å². The summed E-state index contributed by atoms with van der Waals surface area (Å²) in [5.74, 6) is 0.444. The summed E-state index contributed by atoms with van der Waals surface area (Å²) in [5.41, 5.74) is 1.22. The van der Waals surface area contributed by atoms with Crippen molar-refractivity contribution in [3.8, 4) is 0 Å². The molecular formula is C20H20F2N6O. The van der Waals surface area contributed by atoms with Crippen LogP contribution >= 0.6 is 0 Å². The molecule has 1 aliphatic carbocycles. The first-order chi connectivity index (χ1) is 13.9. The van der Waals surface area contributed by atoms with E-state index in [1.54, 1.807) is 13.0 Å². The lowest BCUT2D eigenvalue weighted by Gasteiger charge is -2.16. The fourth-order valence-corrected chi connectivity index (χ4v) is 3.17. The maximum Gasteiger partial charge on any atom is 0.244 e. The molecule has 0 aliphatic heterocycles. The zero-order valence-electron chi connectivity index (χ0n) is 16.0. The van der Waals surface area contributed by atoms with Crippen LogP contribution in [0, 0.1) is 11.6 Å². The number of aromatic nitrogens is 4. The molecule has 1 saturated carbocycles. The molecule has 0 radical (unpaired) electrons. The van der Waals surface area contributed by atoms with Gasteiger partial charge in [-0.1, -0.05) is 6.07 Å². The fourth-order valence-electron chi connectivity index (χ4n) is 3.17. The van der Waals surface area contributed by atoms with Crippen molar-refractivity contribution in [2.75, 3.05) is 10.6 Å². The molecule has 1 aromatic carbocycles. The molecular weight excluding hydrogens is 378 g/mol. The standard InChI is InChI=1S/C20H20F2N6O/c1-11(15-6-5-14(21)7-16(15)22)25-18-9-19(24-10-23-18)26-20-8-17(13-3-4-13)28(27-20)12(2)29/h5-11,13H,3-4H2,1-2H3,(H2,23,24,25,26,27). The van der Waals surface area contributed by atoms with Crippen molar-refractivity contribution in [2.24, 2.45) is 0 Å². The minimum Gasteiger partial charge on any atom is -0.363 e. The highest BCUT2D eigenvalue weighted by atomic mass is 19.1. The summed E-state index contributed by atoms with van der Waals surface area (Å²) >= 11 is 0. The first-order valence-electron chi connectivity index (χ1n) is 9.32. The van der Waals surface area contributed by atoms with Crippen LogP contribution in [0.2, 0.25) is 0 Å². The van der Waals surface area contributed by atoms with E-state index in [1.807, 2.05) is 6.07 Å². The third-order valence-corrected chi connectivity index (χ3v) is 4.75. The molecule has 150 valence electrons. The molecule has 2 heterocycles. The second kappa shape index (κ2) is 7.57. The van der Waals surface area contributed by atoms with Crippen molar-refractivity contribution in [1.82, 2.24) is 19.7 Å². The Morgan fingerprint density at radius 3 is 2.59 bits per heavy atom. The molecule has 1 aliphatic rings. The van der Waals surface area contributed by atoms with Crippen LogP contribution in [0.3, 0.4) is 0 Å². The molecule has 0 spiro atoms. The maximum atomic E-state index is 14.0. The van der Waals surface area contributed by atoms with E-state index in [4.69, 9.17) is 0 Å². The van der Waals surface area contributed by atoms with Gasteiger partial charge in [-0.15, -0.1) is 5.10 Å². The zero-order valence-corrected chi connectivity index (χ0v) is 16.0. The number of nitrogens with zero attached hydrogens (tertiary/aromatic N) is 4. The van der Waals surface area contributed by atoms with Gasteiger partial charge in [0.15, 0.2) is 5.82 Å². The molecule has 1 unspecified atom stereocenters.